The van der Waals surface area contributed by atoms with Gasteiger partial charge >= 0.3 is 0 Å². The number of benzene rings is 1. The Hall–Kier alpha value is -1.35. The maximum absolute atomic E-state index is 11.9. The molecule has 3 N–H and O–H groups in total. The van der Waals surface area contributed by atoms with Gasteiger partial charge in [0.15, 0.2) is 0 Å². The molecule has 0 atom stereocenters. The van der Waals surface area contributed by atoms with Gasteiger partial charge < -0.3 is 11.1 Å². The molecule has 88 valence electrons. The Morgan fingerprint density at radius 2 is 1.81 bits per heavy atom. The molecule has 1 aromatic rings. The first-order valence-electron chi connectivity index (χ1n) is 5.62. The van der Waals surface area contributed by atoms with Crippen LogP contribution < -0.4 is 11.1 Å². The number of aryl methyl sites for hydroxylation is 3. The van der Waals surface area contributed by atoms with Crippen LogP contribution in [-0.4, -0.2) is 19.0 Å². The molecule has 0 fully saturated rings. The van der Waals surface area contributed by atoms with E-state index in [0.717, 1.165) is 23.1 Å². The van der Waals surface area contributed by atoms with Crippen LogP contribution in [-0.2, 0) is 0 Å². The number of nitrogens with one attached hydrogen (secondary N) is 1. The molecular formula is C13H20N2O. The maximum atomic E-state index is 11.9. The second-order valence-electron chi connectivity index (χ2n) is 4.17. The second kappa shape index (κ2) is 5.66. The first kappa shape index (κ1) is 12.7. The Morgan fingerprint density at radius 3 is 2.31 bits per heavy atom. The molecule has 0 unspecified atom stereocenters. The zero-order valence-electron chi connectivity index (χ0n) is 10.3. The van der Waals surface area contributed by atoms with Crippen molar-refractivity contribution in [3.05, 3.63) is 34.4 Å². The third-order valence-electron chi connectivity index (χ3n) is 2.57. The lowest BCUT2D eigenvalue weighted by molar-refractivity contribution is 0.0952. The van der Waals surface area contributed by atoms with E-state index in [-0.39, 0.29) is 5.91 Å². The summed E-state index contributed by atoms with van der Waals surface area (Å²) in [6.07, 6.45) is 0.815. The normalized spacial score (nSPS) is 10.2. The number of carbonyl (C=O) groups is 1. The number of nitrogens with two attached hydrogens (primary N) is 1. The van der Waals surface area contributed by atoms with E-state index in [4.69, 9.17) is 5.73 Å². The molecule has 1 rings (SSSR count). The number of carbonyl (C=O) groups excluding carboxylic acids is 1. The van der Waals surface area contributed by atoms with Crippen molar-refractivity contribution in [2.75, 3.05) is 13.1 Å². The van der Waals surface area contributed by atoms with Crippen LogP contribution in [0.5, 0.6) is 0 Å². The molecule has 1 aromatic carbocycles. The first-order valence-corrected chi connectivity index (χ1v) is 5.62. The summed E-state index contributed by atoms with van der Waals surface area (Å²) in [5.41, 5.74) is 9.42. The van der Waals surface area contributed by atoms with Gasteiger partial charge in [-0.25, -0.2) is 0 Å². The molecule has 1 amide bonds. The van der Waals surface area contributed by atoms with Crippen LogP contribution >= 0.6 is 0 Å². The Bertz CT molecular complexity index is 363. The van der Waals surface area contributed by atoms with Crippen molar-refractivity contribution >= 4 is 5.91 Å². The number of amides is 1. The molecule has 0 aromatic heterocycles. The van der Waals surface area contributed by atoms with Gasteiger partial charge in [0.2, 0.25) is 0 Å². The molecule has 16 heavy (non-hydrogen) atoms. The van der Waals surface area contributed by atoms with Gasteiger partial charge in [0, 0.05) is 12.1 Å². The quantitative estimate of drug-likeness (QED) is 0.759. The topological polar surface area (TPSA) is 55.1 Å². The van der Waals surface area contributed by atoms with E-state index in [9.17, 15) is 4.79 Å². The summed E-state index contributed by atoms with van der Waals surface area (Å²) in [6, 6.07) is 4.07. The molecule has 3 heteroatoms. The van der Waals surface area contributed by atoms with Crippen molar-refractivity contribution in [3.8, 4) is 0 Å². The van der Waals surface area contributed by atoms with Crippen molar-refractivity contribution in [2.45, 2.75) is 27.2 Å². The highest BCUT2D eigenvalue weighted by atomic mass is 16.1. The summed E-state index contributed by atoms with van der Waals surface area (Å²) >= 11 is 0. The van der Waals surface area contributed by atoms with Crippen LogP contribution in [0.15, 0.2) is 12.1 Å². The molecule has 3 nitrogen and oxygen atoms in total. The average Bonchev–Trinajstić information content (AvgIpc) is 2.16. The van der Waals surface area contributed by atoms with Crippen molar-refractivity contribution in [1.82, 2.24) is 5.32 Å². The molecule has 0 radical (unpaired) electrons. The Kier molecular flexibility index (Phi) is 4.50. The first-order chi connectivity index (χ1) is 7.56. The fourth-order valence-corrected chi connectivity index (χ4v) is 1.93. The van der Waals surface area contributed by atoms with E-state index in [1.807, 2.05) is 32.9 Å². The van der Waals surface area contributed by atoms with E-state index in [2.05, 4.69) is 5.32 Å². The Morgan fingerprint density at radius 1 is 1.25 bits per heavy atom. The number of hydrogen-bond donors (Lipinski definition) is 2. The molecule has 0 aliphatic rings. The van der Waals surface area contributed by atoms with E-state index >= 15 is 0 Å². The fraction of sp³-hybridized carbons (Fsp3) is 0.462. The smallest absolute Gasteiger partial charge is 0.251 e. The minimum atomic E-state index is 0.00319. The third-order valence-corrected chi connectivity index (χ3v) is 2.57. The Balaban J connectivity index is 2.83. The van der Waals surface area contributed by atoms with E-state index in [0.29, 0.717) is 13.1 Å². The summed E-state index contributed by atoms with van der Waals surface area (Å²) in [5, 5.41) is 2.88. The molecular weight excluding hydrogens is 200 g/mol. The molecule has 0 aliphatic heterocycles. The van der Waals surface area contributed by atoms with Crippen molar-refractivity contribution < 1.29 is 4.79 Å². The van der Waals surface area contributed by atoms with Crippen molar-refractivity contribution in [2.24, 2.45) is 5.73 Å². The monoisotopic (exact) mass is 220 g/mol. The zero-order chi connectivity index (χ0) is 12.1. The zero-order valence-corrected chi connectivity index (χ0v) is 10.3. The lowest BCUT2D eigenvalue weighted by atomic mass is 9.99. The molecule has 0 saturated carbocycles. The van der Waals surface area contributed by atoms with E-state index in [1.54, 1.807) is 0 Å². The van der Waals surface area contributed by atoms with Crippen molar-refractivity contribution in [1.29, 1.82) is 0 Å². The summed E-state index contributed by atoms with van der Waals surface area (Å²) < 4.78 is 0. The predicted molar refractivity (Wildman–Crippen MR) is 66.7 cm³/mol. The Labute approximate surface area is 97.0 Å². The van der Waals surface area contributed by atoms with Crippen LogP contribution in [0.1, 0.15) is 33.5 Å². The second-order valence-corrected chi connectivity index (χ2v) is 4.17. The predicted octanol–water partition coefficient (Wildman–Crippen LogP) is 1.69. The largest absolute Gasteiger partial charge is 0.352 e. The highest BCUT2D eigenvalue weighted by Crippen LogP contribution is 2.15. The van der Waals surface area contributed by atoms with E-state index in [1.165, 1.54) is 5.56 Å². The van der Waals surface area contributed by atoms with Crippen LogP contribution in [0, 0.1) is 20.8 Å². The number of rotatable bonds is 4. The fourth-order valence-electron chi connectivity index (χ4n) is 1.93. The molecule has 0 spiro atoms. The standard InChI is InChI=1S/C13H20N2O/c1-9-7-10(2)12(11(3)8-9)13(16)15-6-4-5-14/h7-8H,4-6,14H2,1-3H3,(H,15,16). The lowest BCUT2D eigenvalue weighted by Gasteiger charge is -2.11. The third kappa shape index (κ3) is 3.07. The van der Waals surface area contributed by atoms with Gasteiger partial charge in [-0.2, -0.15) is 0 Å². The minimum absolute atomic E-state index is 0.00319. The van der Waals surface area contributed by atoms with Crippen LogP contribution in [0.4, 0.5) is 0 Å². The van der Waals surface area contributed by atoms with Gasteiger partial charge in [-0.1, -0.05) is 17.7 Å². The van der Waals surface area contributed by atoms with Gasteiger partial charge in [0.1, 0.15) is 0 Å². The molecule has 0 aliphatic carbocycles. The van der Waals surface area contributed by atoms with Crippen LogP contribution in [0.25, 0.3) is 0 Å². The summed E-state index contributed by atoms with van der Waals surface area (Å²) in [6.45, 7) is 7.22. The molecule has 0 heterocycles. The highest BCUT2D eigenvalue weighted by Gasteiger charge is 2.11. The lowest BCUT2D eigenvalue weighted by Crippen LogP contribution is -2.27. The summed E-state index contributed by atoms with van der Waals surface area (Å²) in [7, 11) is 0. The summed E-state index contributed by atoms with van der Waals surface area (Å²) in [5.74, 6) is 0.00319. The van der Waals surface area contributed by atoms with Gasteiger partial charge in [0.25, 0.3) is 5.91 Å². The van der Waals surface area contributed by atoms with Crippen molar-refractivity contribution in [3.63, 3.8) is 0 Å². The molecule has 0 bridgehead atoms. The average molecular weight is 220 g/mol. The maximum Gasteiger partial charge on any atom is 0.251 e. The van der Waals surface area contributed by atoms with Crippen LogP contribution in [0.3, 0.4) is 0 Å². The van der Waals surface area contributed by atoms with E-state index < -0.39 is 0 Å². The van der Waals surface area contributed by atoms with Gasteiger partial charge in [0.05, 0.1) is 0 Å². The number of hydrogen-bond acceptors (Lipinski definition) is 2. The SMILES string of the molecule is Cc1cc(C)c(C(=O)NCCCN)c(C)c1. The minimum Gasteiger partial charge on any atom is -0.352 e. The van der Waals surface area contributed by atoms with Crippen LogP contribution in [0.2, 0.25) is 0 Å². The highest BCUT2D eigenvalue weighted by molar-refractivity contribution is 5.97. The van der Waals surface area contributed by atoms with Gasteiger partial charge in [-0.05, 0) is 44.9 Å². The molecule has 0 saturated heterocycles. The van der Waals surface area contributed by atoms with Gasteiger partial charge in [-0.3, -0.25) is 4.79 Å². The van der Waals surface area contributed by atoms with Gasteiger partial charge in [-0.15, -0.1) is 0 Å². The summed E-state index contributed by atoms with van der Waals surface area (Å²) in [4.78, 5) is 11.9.